The lowest BCUT2D eigenvalue weighted by Crippen LogP contribution is -2.46. The van der Waals surface area contributed by atoms with E-state index < -0.39 is 0 Å². The highest BCUT2D eigenvalue weighted by Crippen LogP contribution is 2.34. The summed E-state index contributed by atoms with van der Waals surface area (Å²) in [6, 6.07) is 15.6. The average molecular weight is 378 g/mol. The number of ether oxygens (including phenoxy) is 2. The summed E-state index contributed by atoms with van der Waals surface area (Å²) >= 11 is 0. The third kappa shape index (κ3) is 3.90. The van der Waals surface area contributed by atoms with E-state index in [9.17, 15) is 4.79 Å². The molecule has 2 aliphatic heterocycles. The molecule has 0 spiro atoms. The van der Waals surface area contributed by atoms with Crippen LogP contribution in [0.25, 0.3) is 0 Å². The van der Waals surface area contributed by atoms with Gasteiger partial charge in [0.25, 0.3) is 5.91 Å². The molecule has 1 fully saturated rings. The number of carbonyl (C=O) groups excluding carboxylic acids is 1. The number of carbonyl (C=O) groups is 1. The normalized spacial score (nSPS) is 21.2. The lowest BCUT2D eigenvalue weighted by atomic mass is 10.0. The molecule has 0 saturated carbocycles. The Morgan fingerprint density at radius 2 is 2.04 bits per heavy atom. The zero-order valence-corrected chi connectivity index (χ0v) is 16.2. The first-order valence-electron chi connectivity index (χ1n) is 9.77. The van der Waals surface area contributed by atoms with Crippen molar-refractivity contribution in [3.63, 3.8) is 0 Å². The summed E-state index contributed by atoms with van der Waals surface area (Å²) in [6.07, 6.45) is 1.90. The first-order chi connectivity index (χ1) is 13.6. The third-order valence-corrected chi connectivity index (χ3v) is 5.13. The Labute approximate surface area is 165 Å². The second kappa shape index (κ2) is 8.07. The number of para-hydroxylation sites is 1. The van der Waals surface area contributed by atoms with E-state index in [1.54, 1.807) is 0 Å². The summed E-state index contributed by atoms with van der Waals surface area (Å²) in [4.78, 5) is 15.1. The molecule has 2 atom stereocenters. The van der Waals surface area contributed by atoms with Gasteiger partial charge in [-0.25, -0.2) is 0 Å². The van der Waals surface area contributed by atoms with Crippen LogP contribution in [0.3, 0.4) is 0 Å². The molecule has 2 aromatic carbocycles. The highest BCUT2D eigenvalue weighted by molar-refractivity contribution is 6.01. The molecule has 5 nitrogen and oxygen atoms in total. The number of hydrogen-bond acceptors (Lipinski definition) is 4. The van der Waals surface area contributed by atoms with Crippen LogP contribution >= 0.6 is 0 Å². The predicted molar refractivity (Wildman–Crippen MR) is 110 cm³/mol. The molecule has 1 amide bonds. The minimum atomic E-state index is -0.234. The summed E-state index contributed by atoms with van der Waals surface area (Å²) in [7, 11) is 0. The zero-order valence-electron chi connectivity index (χ0n) is 16.2. The highest BCUT2D eigenvalue weighted by Gasteiger charge is 2.35. The summed E-state index contributed by atoms with van der Waals surface area (Å²) in [5, 5.41) is 3.53. The number of fused-ring (bicyclic) bond motifs is 1. The van der Waals surface area contributed by atoms with Gasteiger partial charge in [-0.3, -0.25) is 4.79 Å². The van der Waals surface area contributed by atoms with Crippen LogP contribution in [0.2, 0.25) is 0 Å². The molecule has 1 N–H and O–H groups in total. The van der Waals surface area contributed by atoms with Crippen LogP contribution in [0.5, 0.6) is 5.75 Å². The van der Waals surface area contributed by atoms with Crippen molar-refractivity contribution in [3.05, 3.63) is 71.8 Å². The second-order valence-electron chi connectivity index (χ2n) is 7.50. The summed E-state index contributed by atoms with van der Waals surface area (Å²) in [6.45, 7) is 7.65. The highest BCUT2D eigenvalue weighted by atomic mass is 16.5. The minimum Gasteiger partial charge on any atom is -0.489 e. The average Bonchev–Trinajstić information content (AvgIpc) is 3.22. The Kier molecular flexibility index (Phi) is 5.35. The van der Waals surface area contributed by atoms with Gasteiger partial charge in [0.1, 0.15) is 18.5 Å². The van der Waals surface area contributed by atoms with Gasteiger partial charge in [0.15, 0.2) is 0 Å². The number of rotatable bonds is 6. The fourth-order valence-electron chi connectivity index (χ4n) is 3.70. The van der Waals surface area contributed by atoms with Gasteiger partial charge >= 0.3 is 0 Å². The molecular weight excluding hydrogens is 352 g/mol. The summed E-state index contributed by atoms with van der Waals surface area (Å²) in [5.74, 6) is 0.831. The topological polar surface area (TPSA) is 50.8 Å². The standard InChI is InChI=1S/C23H26N2O3/c1-16(2)15-28-18-11-9-17(10-12-18)22-24-21-8-4-3-7-20(21)23(26)25(22)14-19-6-5-13-27-19/h3-4,7-12,19,22,24H,1,5-6,13-15H2,2H3. The number of nitrogens with one attached hydrogen (secondary N) is 1. The monoisotopic (exact) mass is 378 g/mol. The molecule has 2 unspecified atom stereocenters. The van der Waals surface area contributed by atoms with Gasteiger partial charge in [0.2, 0.25) is 0 Å². The van der Waals surface area contributed by atoms with Crippen LogP contribution in [0.15, 0.2) is 60.7 Å². The van der Waals surface area contributed by atoms with Crippen molar-refractivity contribution in [2.75, 3.05) is 25.1 Å². The molecule has 0 bridgehead atoms. The van der Waals surface area contributed by atoms with Crippen molar-refractivity contribution < 1.29 is 14.3 Å². The summed E-state index contributed by atoms with van der Waals surface area (Å²) in [5.41, 5.74) is 3.56. The molecule has 28 heavy (non-hydrogen) atoms. The SMILES string of the molecule is C=C(C)COc1ccc(C2Nc3ccccc3C(=O)N2CC2CCCO2)cc1. The van der Waals surface area contributed by atoms with Crippen molar-refractivity contribution >= 4 is 11.6 Å². The molecule has 5 heteroatoms. The van der Waals surface area contributed by atoms with E-state index >= 15 is 0 Å². The maximum absolute atomic E-state index is 13.2. The number of anilines is 1. The molecule has 0 aliphatic carbocycles. The third-order valence-electron chi connectivity index (χ3n) is 5.13. The van der Waals surface area contributed by atoms with E-state index in [0.717, 1.165) is 42.0 Å². The Balaban J connectivity index is 1.60. The molecule has 0 radical (unpaired) electrons. The van der Waals surface area contributed by atoms with E-state index in [-0.39, 0.29) is 18.2 Å². The van der Waals surface area contributed by atoms with Crippen LogP contribution in [-0.2, 0) is 4.74 Å². The van der Waals surface area contributed by atoms with Gasteiger partial charge in [-0.15, -0.1) is 0 Å². The number of hydrogen-bond donors (Lipinski definition) is 1. The smallest absolute Gasteiger partial charge is 0.257 e. The molecule has 2 aliphatic rings. The van der Waals surface area contributed by atoms with Crippen LogP contribution in [0.4, 0.5) is 5.69 Å². The van der Waals surface area contributed by atoms with Crippen LogP contribution in [-0.4, -0.2) is 36.7 Å². The molecular formula is C23H26N2O3. The Hall–Kier alpha value is -2.79. The Bertz CT molecular complexity index is 856. The molecule has 2 aromatic rings. The second-order valence-corrected chi connectivity index (χ2v) is 7.50. The number of nitrogens with zero attached hydrogens (tertiary/aromatic N) is 1. The largest absolute Gasteiger partial charge is 0.489 e. The maximum Gasteiger partial charge on any atom is 0.257 e. The van der Waals surface area contributed by atoms with E-state index in [2.05, 4.69) is 11.9 Å². The fourth-order valence-corrected chi connectivity index (χ4v) is 3.70. The van der Waals surface area contributed by atoms with E-state index in [1.165, 1.54) is 0 Å². The van der Waals surface area contributed by atoms with Gasteiger partial charge in [-0.1, -0.05) is 30.8 Å². The molecule has 4 rings (SSSR count). The maximum atomic E-state index is 13.2. The van der Waals surface area contributed by atoms with Gasteiger partial charge in [-0.2, -0.15) is 0 Å². The van der Waals surface area contributed by atoms with Crippen LogP contribution in [0, 0.1) is 0 Å². The fraction of sp³-hybridized carbons (Fsp3) is 0.348. The predicted octanol–water partition coefficient (Wildman–Crippen LogP) is 4.39. The van der Waals surface area contributed by atoms with Crippen molar-refractivity contribution in [1.82, 2.24) is 4.90 Å². The Morgan fingerprint density at radius 1 is 1.25 bits per heavy atom. The van der Waals surface area contributed by atoms with Gasteiger partial charge in [-0.05, 0) is 55.2 Å². The Morgan fingerprint density at radius 3 is 2.75 bits per heavy atom. The van der Waals surface area contributed by atoms with Gasteiger partial charge in [0.05, 0.1) is 11.7 Å². The lowest BCUT2D eigenvalue weighted by molar-refractivity contribution is 0.0427. The number of benzene rings is 2. The molecule has 1 saturated heterocycles. The molecule has 2 heterocycles. The number of amides is 1. The van der Waals surface area contributed by atoms with Crippen LogP contribution < -0.4 is 10.1 Å². The van der Waals surface area contributed by atoms with E-state index in [4.69, 9.17) is 9.47 Å². The van der Waals surface area contributed by atoms with Gasteiger partial charge in [0, 0.05) is 18.8 Å². The summed E-state index contributed by atoms with van der Waals surface area (Å²) < 4.78 is 11.5. The first kappa shape index (κ1) is 18.6. The van der Waals surface area contributed by atoms with Crippen LogP contribution in [0.1, 0.15) is 41.9 Å². The minimum absolute atomic E-state index is 0.0393. The van der Waals surface area contributed by atoms with Crippen molar-refractivity contribution in [2.45, 2.75) is 32.0 Å². The molecule has 146 valence electrons. The van der Waals surface area contributed by atoms with Crippen molar-refractivity contribution in [3.8, 4) is 5.75 Å². The lowest BCUT2D eigenvalue weighted by Gasteiger charge is -2.39. The van der Waals surface area contributed by atoms with Crippen molar-refractivity contribution in [2.24, 2.45) is 0 Å². The van der Waals surface area contributed by atoms with E-state index in [1.807, 2.05) is 60.4 Å². The van der Waals surface area contributed by atoms with Gasteiger partial charge < -0.3 is 19.7 Å². The van der Waals surface area contributed by atoms with E-state index in [0.29, 0.717) is 18.7 Å². The quantitative estimate of drug-likeness (QED) is 0.758. The molecule has 0 aromatic heterocycles. The van der Waals surface area contributed by atoms with Crippen molar-refractivity contribution in [1.29, 1.82) is 0 Å². The first-order valence-corrected chi connectivity index (χ1v) is 9.77. The zero-order chi connectivity index (χ0) is 19.5.